The predicted molar refractivity (Wildman–Crippen MR) is 63.8 cm³/mol. The van der Waals surface area contributed by atoms with E-state index < -0.39 is 0 Å². The second-order valence-corrected chi connectivity index (χ2v) is 3.69. The van der Waals surface area contributed by atoms with Gasteiger partial charge in [-0.05, 0) is 12.2 Å². The summed E-state index contributed by atoms with van der Waals surface area (Å²) >= 11 is 10.1. The van der Waals surface area contributed by atoms with Gasteiger partial charge in [0, 0.05) is 5.56 Å². The van der Waals surface area contributed by atoms with Crippen molar-refractivity contribution in [2.75, 3.05) is 5.84 Å². The zero-order chi connectivity index (χ0) is 10.8. The smallest absolute Gasteiger partial charge is 0.213 e. The number of aromatic amines is 1. The average molecular weight is 236 g/mol. The fraction of sp³-hybridized carbons (Fsp3) is 0. The molecule has 0 bridgehead atoms. The lowest BCUT2D eigenvalue weighted by Gasteiger charge is -2.03. The summed E-state index contributed by atoms with van der Waals surface area (Å²) in [7, 11) is 0. The molecule has 3 N–H and O–H groups in total. The van der Waals surface area contributed by atoms with Crippen LogP contribution in [0.3, 0.4) is 0 Å². The Morgan fingerprint density at radius 2 is 1.87 bits per heavy atom. The van der Waals surface area contributed by atoms with Crippen molar-refractivity contribution in [2.24, 2.45) is 0 Å². The Labute approximate surface area is 96.4 Å². The largest absolute Gasteiger partial charge is 0.336 e. The standard InChI is InChI=1S/C9H8N4S2/c10-13-8(14)7(11-12-9(13)15)6-4-2-1-3-5-6/h1-5H,10H2,(H,12,15). The van der Waals surface area contributed by atoms with Crippen molar-refractivity contribution in [1.82, 2.24) is 14.9 Å². The lowest BCUT2D eigenvalue weighted by molar-refractivity contribution is 0.827. The molecule has 1 aromatic carbocycles. The normalized spacial score (nSPS) is 10.1. The second kappa shape index (κ2) is 3.92. The number of nitrogens with one attached hydrogen (secondary N) is 1. The Kier molecular flexibility index (Phi) is 2.61. The first-order chi connectivity index (χ1) is 7.20. The van der Waals surface area contributed by atoms with Crippen molar-refractivity contribution in [2.45, 2.75) is 0 Å². The van der Waals surface area contributed by atoms with Crippen molar-refractivity contribution >= 4 is 24.4 Å². The van der Waals surface area contributed by atoms with Crippen LogP contribution in [0.25, 0.3) is 11.3 Å². The van der Waals surface area contributed by atoms with Crippen LogP contribution < -0.4 is 5.84 Å². The Hall–Kier alpha value is -1.53. The van der Waals surface area contributed by atoms with E-state index in [1.54, 1.807) is 0 Å². The van der Waals surface area contributed by atoms with Gasteiger partial charge >= 0.3 is 0 Å². The maximum atomic E-state index is 5.66. The van der Waals surface area contributed by atoms with Crippen LogP contribution in [0.1, 0.15) is 0 Å². The van der Waals surface area contributed by atoms with E-state index in [0.29, 0.717) is 15.1 Å². The molecule has 0 aliphatic rings. The summed E-state index contributed by atoms with van der Waals surface area (Å²) in [5.41, 5.74) is 1.54. The third kappa shape index (κ3) is 1.81. The van der Waals surface area contributed by atoms with Crippen molar-refractivity contribution in [3.63, 3.8) is 0 Å². The molecule has 0 aliphatic heterocycles. The van der Waals surface area contributed by atoms with Crippen molar-refractivity contribution < 1.29 is 0 Å². The van der Waals surface area contributed by atoms with Gasteiger partial charge < -0.3 is 5.84 Å². The average Bonchev–Trinajstić information content (AvgIpc) is 2.27. The number of nitrogens with zero attached hydrogens (tertiary/aromatic N) is 2. The number of H-pyrrole nitrogens is 1. The Bertz CT molecular complexity index is 585. The Morgan fingerprint density at radius 3 is 2.53 bits per heavy atom. The molecular weight excluding hydrogens is 228 g/mol. The third-order valence-electron chi connectivity index (χ3n) is 1.95. The molecule has 1 heterocycles. The quantitative estimate of drug-likeness (QED) is 0.587. The van der Waals surface area contributed by atoms with E-state index >= 15 is 0 Å². The van der Waals surface area contributed by atoms with E-state index in [4.69, 9.17) is 30.3 Å². The first-order valence-electron chi connectivity index (χ1n) is 4.22. The molecule has 0 spiro atoms. The fourth-order valence-corrected chi connectivity index (χ4v) is 1.65. The summed E-state index contributed by atoms with van der Waals surface area (Å²) in [4.78, 5) is 0. The van der Waals surface area contributed by atoms with Crippen molar-refractivity contribution in [1.29, 1.82) is 0 Å². The van der Waals surface area contributed by atoms with Gasteiger partial charge in [-0.25, -0.2) is 4.68 Å². The van der Waals surface area contributed by atoms with E-state index in [9.17, 15) is 0 Å². The zero-order valence-corrected chi connectivity index (χ0v) is 9.31. The van der Waals surface area contributed by atoms with Gasteiger partial charge in [0.2, 0.25) is 4.77 Å². The highest BCUT2D eigenvalue weighted by Gasteiger charge is 2.03. The van der Waals surface area contributed by atoms with Gasteiger partial charge in [-0.1, -0.05) is 42.5 Å². The molecule has 0 unspecified atom stereocenters. The number of hydrogen-bond donors (Lipinski definition) is 2. The highest BCUT2D eigenvalue weighted by molar-refractivity contribution is 7.72. The first kappa shape index (κ1) is 10.0. The third-order valence-corrected chi connectivity index (χ3v) is 2.63. The summed E-state index contributed by atoms with van der Waals surface area (Å²) in [5, 5.41) is 6.72. The van der Waals surface area contributed by atoms with E-state index in [1.807, 2.05) is 30.3 Å². The molecule has 15 heavy (non-hydrogen) atoms. The minimum absolute atomic E-state index is 0.305. The molecule has 0 amide bonds. The van der Waals surface area contributed by atoms with Crippen LogP contribution in [0.5, 0.6) is 0 Å². The van der Waals surface area contributed by atoms with Gasteiger partial charge in [-0.15, -0.1) is 0 Å². The Balaban J connectivity index is 2.71. The summed E-state index contributed by atoms with van der Waals surface area (Å²) in [5.74, 6) is 5.66. The van der Waals surface area contributed by atoms with E-state index in [1.165, 1.54) is 4.68 Å². The topological polar surface area (TPSA) is 59.6 Å². The number of hydrogen-bond acceptors (Lipinski definition) is 4. The number of benzene rings is 1. The molecule has 76 valence electrons. The first-order valence-corrected chi connectivity index (χ1v) is 5.04. The van der Waals surface area contributed by atoms with Crippen LogP contribution in [-0.4, -0.2) is 14.9 Å². The number of nitrogens with two attached hydrogens (primary N) is 1. The molecule has 1 aromatic heterocycles. The Morgan fingerprint density at radius 1 is 1.20 bits per heavy atom. The lowest BCUT2D eigenvalue weighted by atomic mass is 10.2. The SMILES string of the molecule is Nn1c(=S)[nH]nc(-c2ccccc2)c1=S. The molecule has 4 nitrogen and oxygen atoms in total. The van der Waals surface area contributed by atoms with Crippen LogP contribution in [-0.2, 0) is 0 Å². The molecule has 0 saturated heterocycles. The molecular formula is C9H8N4S2. The van der Waals surface area contributed by atoms with Gasteiger partial charge in [0.15, 0.2) is 4.64 Å². The highest BCUT2D eigenvalue weighted by atomic mass is 32.1. The van der Waals surface area contributed by atoms with Crippen LogP contribution >= 0.6 is 24.4 Å². The molecule has 2 rings (SSSR count). The van der Waals surface area contributed by atoms with Gasteiger partial charge in [-0.2, -0.15) is 5.10 Å². The molecule has 6 heteroatoms. The van der Waals surface area contributed by atoms with Crippen molar-refractivity contribution in [3.8, 4) is 11.3 Å². The minimum Gasteiger partial charge on any atom is -0.336 e. The lowest BCUT2D eigenvalue weighted by Crippen LogP contribution is -2.14. The maximum absolute atomic E-state index is 5.66. The number of rotatable bonds is 1. The minimum atomic E-state index is 0.305. The van der Waals surface area contributed by atoms with Crippen LogP contribution in [0.4, 0.5) is 0 Å². The van der Waals surface area contributed by atoms with E-state index in [-0.39, 0.29) is 0 Å². The predicted octanol–water partition coefficient (Wildman–Crippen LogP) is 2.05. The van der Waals surface area contributed by atoms with E-state index in [2.05, 4.69) is 10.2 Å². The zero-order valence-electron chi connectivity index (χ0n) is 7.68. The molecule has 0 fully saturated rings. The fourth-order valence-electron chi connectivity index (χ4n) is 1.20. The molecule has 0 atom stereocenters. The van der Waals surface area contributed by atoms with Crippen LogP contribution in [0, 0.1) is 9.41 Å². The maximum Gasteiger partial charge on any atom is 0.213 e. The second-order valence-electron chi connectivity index (χ2n) is 2.92. The summed E-state index contributed by atoms with van der Waals surface area (Å²) in [6.07, 6.45) is 0. The number of nitrogen functional groups attached to an aromatic ring is 1. The van der Waals surface area contributed by atoms with Gasteiger partial charge in [0.1, 0.15) is 5.69 Å². The van der Waals surface area contributed by atoms with Crippen LogP contribution in [0.2, 0.25) is 0 Å². The monoisotopic (exact) mass is 236 g/mol. The van der Waals surface area contributed by atoms with E-state index in [0.717, 1.165) is 5.56 Å². The molecule has 0 saturated carbocycles. The van der Waals surface area contributed by atoms with Gasteiger partial charge in [0.25, 0.3) is 0 Å². The van der Waals surface area contributed by atoms with Gasteiger partial charge in [0.05, 0.1) is 0 Å². The highest BCUT2D eigenvalue weighted by Crippen LogP contribution is 2.15. The van der Waals surface area contributed by atoms with Crippen molar-refractivity contribution in [3.05, 3.63) is 39.7 Å². The number of aromatic nitrogens is 3. The van der Waals surface area contributed by atoms with Gasteiger partial charge in [-0.3, -0.25) is 5.10 Å². The summed E-state index contributed by atoms with van der Waals surface area (Å²) < 4.78 is 1.96. The summed E-state index contributed by atoms with van der Waals surface area (Å²) in [6, 6.07) is 9.57. The molecule has 2 aromatic rings. The molecule has 0 radical (unpaired) electrons. The molecule has 0 aliphatic carbocycles. The van der Waals surface area contributed by atoms with Crippen LogP contribution in [0.15, 0.2) is 30.3 Å². The summed E-state index contributed by atoms with van der Waals surface area (Å²) in [6.45, 7) is 0.